The maximum absolute atomic E-state index is 13.0. The Labute approximate surface area is 167 Å². The molecule has 1 aliphatic carbocycles. The fraction of sp³-hybridized carbons (Fsp3) is 0.444. The smallest absolute Gasteiger partial charge is 0.308 e. The summed E-state index contributed by atoms with van der Waals surface area (Å²) in [6.07, 6.45) is 3.69. The Morgan fingerprint density at radius 2 is 2.14 bits per heavy atom. The Morgan fingerprint density at radius 3 is 2.82 bits per heavy atom. The number of benzene rings is 1. The first-order chi connectivity index (χ1) is 13.3. The van der Waals surface area contributed by atoms with E-state index >= 15 is 0 Å². The van der Waals surface area contributed by atoms with E-state index in [1.165, 1.54) is 0 Å². The van der Waals surface area contributed by atoms with Gasteiger partial charge < -0.3 is 10.2 Å². The van der Waals surface area contributed by atoms with E-state index in [1.807, 2.05) is 0 Å². The number of carbonyl (C=O) groups excluding carboxylic acids is 2. The first-order valence-electron chi connectivity index (χ1n) is 9.11. The SMILES string of the molecule is CC1CC2CC(C(=O)NN)(C1)N2C(=O)Nc1ccc(Cl)c(-c2ncn(C)n2)c1. The van der Waals surface area contributed by atoms with Gasteiger partial charge in [-0.3, -0.25) is 14.9 Å². The Balaban J connectivity index is 1.58. The molecule has 3 aliphatic rings. The molecule has 10 heteroatoms. The summed E-state index contributed by atoms with van der Waals surface area (Å²) in [5.41, 5.74) is 2.52. The molecule has 3 heterocycles. The quantitative estimate of drug-likeness (QED) is 0.411. The monoisotopic (exact) mass is 403 g/mol. The standard InChI is InChI=1S/C18H22ClN7O2/c1-10-5-12-8-18(7-10,16(27)23-20)26(12)17(28)22-11-3-4-14(19)13(6-11)15-21-9-25(2)24-15/h3-4,6,9-10,12H,5,7-8,20H2,1-2H3,(H,22,28)(H,23,27). The summed E-state index contributed by atoms with van der Waals surface area (Å²) >= 11 is 6.27. The maximum Gasteiger partial charge on any atom is 0.323 e. The molecule has 1 aromatic carbocycles. The van der Waals surface area contributed by atoms with Gasteiger partial charge in [0, 0.05) is 30.8 Å². The van der Waals surface area contributed by atoms with Gasteiger partial charge in [-0.2, -0.15) is 5.10 Å². The van der Waals surface area contributed by atoms with Crippen LogP contribution in [0, 0.1) is 5.92 Å². The molecule has 2 saturated heterocycles. The van der Waals surface area contributed by atoms with Crippen LogP contribution in [0.3, 0.4) is 0 Å². The number of hydrogen-bond acceptors (Lipinski definition) is 5. The molecule has 1 aromatic heterocycles. The van der Waals surface area contributed by atoms with Crippen molar-refractivity contribution in [2.75, 3.05) is 5.32 Å². The van der Waals surface area contributed by atoms with Crippen molar-refractivity contribution in [2.24, 2.45) is 18.8 Å². The van der Waals surface area contributed by atoms with Gasteiger partial charge >= 0.3 is 6.03 Å². The molecule has 5 rings (SSSR count). The number of aryl methyl sites for hydroxylation is 1. The van der Waals surface area contributed by atoms with Crippen molar-refractivity contribution in [1.29, 1.82) is 0 Å². The van der Waals surface area contributed by atoms with Gasteiger partial charge in [-0.25, -0.2) is 15.6 Å². The molecule has 28 heavy (non-hydrogen) atoms. The average molecular weight is 404 g/mol. The molecule has 3 amide bonds. The van der Waals surface area contributed by atoms with E-state index in [4.69, 9.17) is 17.4 Å². The highest BCUT2D eigenvalue weighted by atomic mass is 35.5. The number of hydrogen-bond donors (Lipinski definition) is 3. The zero-order valence-corrected chi connectivity index (χ0v) is 16.4. The highest BCUT2D eigenvalue weighted by molar-refractivity contribution is 6.33. The minimum Gasteiger partial charge on any atom is -0.308 e. The summed E-state index contributed by atoms with van der Waals surface area (Å²) in [4.78, 5) is 31.3. The number of rotatable bonds is 3. The van der Waals surface area contributed by atoms with Crippen molar-refractivity contribution in [2.45, 2.75) is 37.8 Å². The molecule has 1 saturated carbocycles. The van der Waals surface area contributed by atoms with Crippen molar-refractivity contribution < 1.29 is 9.59 Å². The zero-order valence-electron chi connectivity index (χ0n) is 15.6. The van der Waals surface area contributed by atoms with Gasteiger partial charge in [0.25, 0.3) is 5.91 Å². The summed E-state index contributed by atoms with van der Waals surface area (Å²) in [7, 11) is 1.77. The predicted molar refractivity (Wildman–Crippen MR) is 104 cm³/mol. The van der Waals surface area contributed by atoms with Crippen LogP contribution in [0.25, 0.3) is 11.4 Å². The highest BCUT2D eigenvalue weighted by Crippen LogP contribution is 2.50. The number of aromatic nitrogens is 3. The number of nitrogens with zero attached hydrogens (tertiary/aromatic N) is 4. The third-order valence-electron chi connectivity index (χ3n) is 5.59. The maximum atomic E-state index is 13.0. The van der Waals surface area contributed by atoms with Crippen LogP contribution in [0.15, 0.2) is 24.5 Å². The number of piperidine rings is 1. The van der Waals surface area contributed by atoms with Gasteiger partial charge in [-0.05, 0) is 37.0 Å². The Hall–Kier alpha value is -2.65. The van der Waals surface area contributed by atoms with Crippen LogP contribution in [0.1, 0.15) is 26.2 Å². The third-order valence-corrected chi connectivity index (χ3v) is 5.92. The molecule has 2 aromatic rings. The largest absolute Gasteiger partial charge is 0.323 e. The lowest BCUT2D eigenvalue weighted by Crippen LogP contribution is -2.77. The van der Waals surface area contributed by atoms with Gasteiger partial charge in [0.2, 0.25) is 0 Å². The van der Waals surface area contributed by atoms with Gasteiger partial charge in [-0.15, -0.1) is 0 Å². The van der Waals surface area contributed by atoms with Crippen molar-refractivity contribution >= 4 is 29.2 Å². The van der Waals surface area contributed by atoms with Crippen molar-refractivity contribution in [3.63, 3.8) is 0 Å². The summed E-state index contributed by atoms with van der Waals surface area (Å²) in [6, 6.07) is 4.83. The number of nitrogens with two attached hydrogens (primary N) is 1. The predicted octanol–water partition coefficient (Wildman–Crippen LogP) is 1.90. The molecule has 2 bridgehead atoms. The fourth-order valence-corrected chi connectivity index (χ4v) is 4.72. The average Bonchev–Trinajstić information content (AvgIpc) is 3.07. The molecule has 3 fully saturated rings. The molecular formula is C18H22ClN7O2. The van der Waals surface area contributed by atoms with Crippen LogP contribution in [0.5, 0.6) is 0 Å². The minimum absolute atomic E-state index is 0.0327. The number of carbonyl (C=O) groups is 2. The second kappa shape index (κ2) is 6.75. The molecule has 9 nitrogen and oxygen atoms in total. The van der Waals surface area contributed by atoms with Crippen LogP contribution >= 0.6 is 11.6 Å². The molecular weight excluding hydrogens is 382 g/mol. The van der Waals surface area contributed by atoms with E-state index in [0.29, 0.717) is 40.9 Å². The summed E-state index contributed by atoms with van der Waals surface area (Å²) < 4.78 is 1.58. The molecule has 0 radical (unpaired) electrons. The molecule has 2 aliphatic heterocycles. The molecule has 3 atom stereocenters. The van der Waals surface area contributed by atoms with E-state index in [-0.39, 0.29) is 18.0 Å². The fourth-order valence-electron chi connectivity index (χ4n) is 4.52. The van der Waals surface area contributed by atoms with Crippen molar-refractivity contribution in [3.8, 4) is 11.4 Å². The van der Waals surface area contributed by atoms with Gasteiger partial charge in [0.15, 0.2) is 5.82 Å². The normalized spacial score (nSPS) is 25.8. The lowest BCUT2D eigenvalue weighted by atomic mass is 9.64. The summed E-state index contributed by atoms with van der Waals surface area (Å²) in [6.45, 7) is 2.09. The second-order valence-electron chi connectivity index (χ2n) is 7.64. The van der Waals surface area contributed by atoms with Crippen LogP contribution in [0.4, 0.5) is 10.5 Å². The number of fused-ring (bicyclic) bond motifs is 2. The van der Waals surface area contributed by atoms with Gasteiger partial charge in [0.05, 0.1) is 5.02 Å². The zero-order chi connectivity index (χ0) is 20.1. The van der Waals surface area contributed by atoms with E-state index in [1.54, 1.807) is 41.2 Å². The molecule has 3 unspecified atom stereocenters. The second-order valence-corrected chi connectivity index (χ2v) is 8.05. The van der Waals surface area contributed by atoms with E-state index < -0.39 is 5.54 Å². The van der Waals surface area contributed by atoms with E-state index in [2.05, 4.69) is 27.7 Å². The van der Waals surface area contributed by atoms with Crippen LogP contribution in [-0.2, 0) is 11.8 Å². The third kappa shape index (κ3) is 2.91. The number of halogens is 1. The number of amides is 3. The first-order valence-corrected chi connectivity index (χ1v) is 9.49. The van der Waals surface area contributed by atoms with Crippen molar-refractivity contribution in [1.82, 2.24) is 25.1 Å². The summed E-state index contributed by atoms with van der Waals surface area (Å²) in [5.74, 6) is 5.90. The van der Waals surface area contributed by atoms with Crippen molar-refractivity contribution in [3.05, 3.63) is 29.5 Å². The van der Waals surface area contributed by atoms with E-state index in [0.717, 1.165) is 6.42 Å². The number of hydrazine groups is 1. The number of urea groups is 1. The van der Waals surface area contributed by atoms with Crippen LogP contribution in [-0.4, -0.2) is 43.2 Å². The molecule has 0 spiro atoms. The van der Waals surface area contributed by atoms with Gasteiger partial charge in [0.1, 0.15) is 11.9 Å². The van der Waals surface area contributed by atoms with Gasteiger partial charge in [-0.1, -0.05) is 18.5 Å². The Morgan fingerprint density at radius 1 is 1.36 bits per heavy atom. The van der Waals surface area contributed by atoms with E-state index in [9.17, 15) is 9.59 Å². The summed E-state index contributed by atoms with van der Waals surface area (Å²) in [5, 5.41) is 7.62. The lowest BCUT2D eigenvalue weighted by Gasteiger charge is -2.61. The topological polar surface area (TPSA) is 118 Å². The highest BCUT2D eigenvalue weighted by Gasteiger charge is 2.62. The number of nitrogens with one attached hydrogen (secondary N) is 2. The molecule has 4 N–H and O–H groups in total. The Bertz CT molecular complexity index is 946. The lowest BCUT2D eigenvalue weighted by molar-refractivity contribution is -0.155. The first kappa shape index (κ1) is 18.7. The number of anilines is 1. The Kier molecular flexibility index (Phi) is 4.51. The minimum atomic E-state index is -0.876. The van der Waals surface area contributed by atoms with Crippen LogP contribution < -0.4 is 16.6 Å². The molecule has 148 valence electrons. The van der Waals surface area contributed by atoms with Crippen LogP contribution in [0.2, 0.25) is 5.02 Å².